The van der Waals surface area contributed by atoms with Crippen LogP contribution in [0.15, 0.2) is 0 Å². The van der Waals surface area contributed by atoms with Crippen molar-refractivity contribution in [3.05, 3.63) is 0 Å². The Bertz CT molecular complexity index is 81.0. The van der Waals surface area contributed by atoms with Gasteiger partial charge in [0.05, 0.1) is 13.2 Å². The molecule has 0 atom stereocenters. The van der Waals surface area contributed by atoms with Crippen LogP contribution in [0.3, 0.4) is 0 Å². The molecule has 0 amide bonds. The number of hydrogen-bond acceptors (Lipinski definition) is 2. The summed E-state index contributed by atoms with van der Waals surface area (Å²) in [5.74, 6) is 1.10. The summed E-state index contributed by atoms with van der Waals surface area (Å²) in [4.78, 5) is 8.77. The molecule has 0 bridgehead atoms. The Labute approximate surface area is 80.2 Å². The predicted molar refractivity (Wildman–Crippen MR) is 46.1 cm³/mol. The highest BCUT2D eigenvalue weighted by atomic mass is 35.5. The molecule has 0 aromatic rings. The zero-order chi connectivity index (χ0) is 9.11. The van der Waals surface area contributed by atoms with Crippen LogP contribution in [0.5, 0.6) is 0 Å². The van der Waals surface area contributed by atoms with Crippen LogP contribution in [-0.2, 0) is 4.74 Å². The van der Waals surface area contributed by atoms with E-state index in [0.29, 0.717) is 25.0 Å². The first kappa shape index (κ1) is 13.9. The van der Waals surface area contributed by atoms with Gasteiger partial charge in [-0.05, 0) is 0 Å². The maximum absolute atomic E-state index is 8.77. The van der Waals surface area contributed by atoms with Crippen molar-refractivity contribution in [1.82, 2.24) is 0 Å². The number of alkyl halides is 2. The second-order valence-electron chi connectivity index (χ2n) is 1.24. The summed E-state index contributed by atoms with van der Waals surface area (Å²) in [6, 6.07) is 0. The van der Waals surface area contributed by atoms with Gasteiger partial charge >= 0.3 is 5.43 Å². The maximum Gasteiger partial charge on any atom is 0.401 e. The van der Waals surface area contributed by atoms with Crippen molar-refractivity contribution in [3.8, 4) is 0 Å². The van der Waals surface area contributed by atoms with Crippen LogP contribution in [-0.4, -0.2) is 35.5 Å². The second kappa shape index (κ2) is 12.9. The highest BCUT2D eigenvalue weighted by molar-refractivity contribution is 6.60. The van der Waals surface area contributed by atoms with Crippen molar-refractivity contribution in [2.24, 2.45) is 0 Å². The Hall–Kier alpha value is 0.300. The molecule has 0 spiro atoms. The van der Waals surface area contributed by atoms with Gasteiger partial charge in [-0.2, -0.15) is 0 Å². The summed E-state index contributed by atoms with van der Waals surface area (Å²) >= 11 is 14.7. The molecule has 0 unspecified atom stereocenters. The average molecular weight is 223 g/mol. The summed E-state index contributed by atoms with van der Waals surface area (Å²) in [5, 5.41) is 7.18. The Morgan fingerprint density at radius 2 is 1.55 bits per heavy atom. The van der Waals surface area contributed by atoms with Crippen molar-refractivity contribution < 1.29 is 14.6 Å². The maximum atomic E-state index is 8.77. The third-order valence-corrected chi connectivity index (χ3v) is 0.752. The van der Waals surface area contributed by atoms with E-state index >= 15 is 0 Å². The number of carbonyl (C=O) groups is 1. The van der Waals surface area contributed by atoms with Gasteiger partial charge in [-0.3, -0.25) is 0 Å². The molecule has 0 heterocycles. The first-order chi connectivity index (χ1) is 5.15. The van der Waals surface area contributed by atoms with E-state index in [9.17, 15) is 0 Å². The monoisotopic (exact) mass is 222 g/mol. The minimum absolute atomic E-state index is 0.552. The molecule has 11 heavy (non-hydrogen) atoms. The molecular formula is C5H9Cl3O3. The second-order valence-corrected chi connectivity index (χ2v) is 2.32. The molecule has 0 aliphatic rings. The average Bonchev–Trinajstić information content (AvgIpc) is 1.88. The van der Waals surface area contributed by atoms with Gasteiger partial charge in [-0.15, -0.1) is 23.2 Å². The quantitative estimate of drug-likeness (QED) is 0.452. The molecule has 68 valence electrons. The number of halogens is 3. The molecule has 0 radical (unpaired) electrons. The third kappa shape index (κ3) is 38.4. The normalized spacial score (nSPS) is 8.27. The molecule has 0 rings (SSSR count). The van der Waals surface area contributed by atoms with Gasteiger partial charge in [0.15, 0.2) is 0 Å². The fourth-order valence-corrected chi connectivity index (χ4v) is 0.429. The lowest BCUT2D eigenvalue weighted by Crippen LogP contribution is -1.97. The van der Waals surface area contributed by atoms with E-state index in [1.54, 1.807) is 0 Å². The van der Waals surface area contributed by atoms with Gasteiger partial charge in [0.2, 0.25) is 0 Å². The van der Waals surface area contributed by atoms with Crippen molar-refractivity contribution in [1.29, 1.82) is 0 Å². The summed E-state index contributed by atoms with van der Waals surface area (Å²) in [5.41, 5.74) is -1.36. The third-order valence-electron chi connectivity index (χ3n) is 0.443. The van der Waals surface area contributed by atoms with Gasteiger partial charge in [0, 0.05) is 23.4 Å². The van der Waals surface area contributed by atoms with Crippen LogP contribution in [0.1, 0.15) is 0 Å². The van der Waals surface area contributed by atoms with Crippen LogP contribution < -0.4 is 0 Å². The molecule has 0 aromatic heterocycles. The van der Waals surface area contributed by atoms with E-state index in [1.807, 2.05) is 0 Å². The SMILES string of the molecule is ClCCOCCCl.O=C(O)Cl. The van der Waals surface area contributed by atoms with E-state index in [0.717, 1.165) is 0 Å². The zero-order valence-corrected chi connectivity index (χ0v) is 7.99. The van der Waals surface area contributed by atoms with Crippen molar-refractivity contribution in [3.63, 3.8) is 0 Å². The van der Waals surface area contributed by atoms with Crippen LogP contribution in [0.4, 0.5) is 4.79 Å². The van der Waals surface area contributed by atoms with E-state index < -0.39 is 5.43 Å². The predicted octanol–water partition coefficient (Wildman–Crippen LogP) is 2.38. The lowest BCUT2D eigenvalue weighted by Gasteiger charge is -1.93. The summed E-state index contributed by atoms with van der Waals surface area (Å²) in [6.45, 7) is 1.21. The minimum Gasteiger partial charge on any atom is -0.469 e. The van der Waals surface area contributed by atoms with Crippen LogP contribution in [0.25, 0.3) is 0 Å². The molecule has 0 aliphatic heterocycles. The Morgan fingerprint density at radius 1 is 1.27 bits per heavy atom. The summed E-state index contributed by atoms with van der Waals surface area (Å²) in [7, 11) is 0. The molecular weight excluding hydrogens is 214 g/mol. The number of ether oxygens (including phenoxy) is 1. The van der Waals surface area contributed by atoms with Crippen LogP contribution >= 0.6 is 34.8 Å². The highest BCUT2D eigenvalue weighted by Crippen LogP contribution is 1.80. The Kier molecular flexibility index (Phi) is 16.3. The Balaban J connectivity index is 0. The standard InChI is InChI=1S/C4H8Cl2O.CHClO2/c5-1-3-7-4-2-6;2-1(3)4/h1-4H2;(H,3,4). The van der Waals surface area contributed by atoms with Gasteiger partial charge < -0.3 is 9.84 Å². The van der Waals surface area contributed by atoms with E-state index in [-0.39, 0.29) is 0 Å². The van der Waals surface area contributed by atoms with Crippen LogP contribution in [0.2, 0.25) is 0 Å². The van der Waals surface area contributed by atoms with E-state index in [2.05, 4.69) is 11.6 Å². The van der Waals surface area contributed by atoms with Gasteiger partial charge in [0.25, 0.3) is 0 Å². The Morgan fingerprint density at radius 3 is 1.73 bits per heavy atom. The number of carboxylic acid groups (broad SMARTS) is 1. The molecule has 0 saturated heterocycles. The summed E-state index contributed by atoms with van der Waals surface area (Å²) in [6.07, 6.45) is 0. The van der Waals surface area contributed by atoms with Gasteiger partial charge in [-0.1, -0.05) is 0 Å². The van der Waals surface area contributed by atoms with Crippen molar-refractivity contribution in [2.75, 3.05) is 25.0 Å². The number of rotatable bonds is 4. The zero-order valence-electron chi connectivity index (χ0n) is 5.73. The molecule has 0 aliphatic carbocycles. The molecule has 0 fully saturated rings. The molecule has 3 nitrogen and oxygen atoms in total. The highest BCUT2D eigenvalue weighted by Gasteiger charge is 1.80. The largest absolute Gasteiger partial charge is 0.469 e. The molecule has 6 heteroatoms. The van der Waals surface area contributed by atoms with E-state index in [4.69, 9.17) is 37.8 Å². The molecule has 0 aromatic carbocycles. The fourth-order valence-electron chi connectivity index (χ4n) is 0.211. The lowest BCUT2D eigenvalue weighted by molar-refractivity contribution is 0.165. The van der Waals surface area contributed by atoms with Crippen molar-refractivity contribution in [2.45, 2.75) is 0 Å². The van der Waals surface area contributed by atoms with Gasteiger partial charge in [-0.25, -0.2) is 4.79 Å². The smallest absolute Gasteiger partial charge is 0.401 e. The number of hydrogen-bond donors (Lipinski definition) is 1. The molecule has 0 saturated carbocycles. The lowest BCUT2D eigenvalue weighted by atomic mass is 10.8. The summed E-state index contributed by atoms with van der Waals surface area (Å²) < 4.78 is 4.87. The van der Waals surface area contributed by atoms with E-state index in [1.165, 1.54) is 0 Å². The van der Waals surface area contributed by atoms with Crippen molar-refractivity contribution >= 4 is 40.2 Å². The first-order valence-electron chi connectivity index (χ1n) is 2.73. The first-order valence-corrected chi connectivity index (χ1v) is 4.18. The molecule has 1 N–H and O–H groups in total. The fraction of sp³-hybridized carbons (Fsp3) is 0.800. The van der Waals surface area contributed by atoms with Gasteiger partial charge in [0.1, 0.15) is 0 Å². The van der Waals surface area contributed by atoms with Crippen LogP contribution in [0, 0.1) is 0 Å². The topological polar surface area (TPSA) is 46.5 Å². The minimum atomic E-state index is -1.36.